The summed E-state index contributed by atoms with van der Waals surface area (Å²) in [5.74, 6) is 0.687. The number of aromatic nitrogens is 1. The Morgan fingerprint density at radius 2 is 2.03 bits per heavy atom. The van der Waals surface area contributed by atoms with E-state index in [1.165, 1.54) is 4.90 Å². The van der Waals surface area contributed by atoms with E-state index in [0.717, 1.165) is 48.6 Å². The smallest absolute Gasteiger partial charge is 0.325 e. The summed E-state index contributed by atoms with van der Waals surface area (Å²) in [6, 6.07) is 5.21. The zero-order valence-electron chi connectivity index (χ0n) is 20.2. The van der Waals surface area contributed by atoms with Gasteiger partial charge in [-0.05, 0) is 69.8 Å². The van der Waals surface area contributed by atoms with Crippen molar-refractivity contribution < 1.29 is 19.4 Å². The second kappa shape index (κ2) is 10.3. The molecule has 9 heteroatoms. The number of phenols is 1. The number of nitrogens with zero attached hydrogens (tertiary/aromatic N) is 3. The van der Waals surface area contributed by atoms with Crippen LogP contribution < -0.4 is 10.1 Å². The third-order valence-corrected chi connectivity index (χ3v) is 8.18. The van der Waals surface area contributed by atoms with Gasteiger partial charge in [0.05, 0.1) is 17.8 Å². The van der Waals surface area contributed by atoms with Crippen LogP contribution in [-0.4, -0.2) is 63.6 Å². The van der Waals surface area contributed by atoms with Crippen LogP contribution in [0.15, 0.2) is 23.7 Å². The zero-order valence-corrected chi connectivity index (χ0v) is 21.0. The minimum atomic E-state index is -0.813. The molecule has 1 aromatic carbocycles. The number of carbonyl (C=O) groups excluding carboxylic acids is 2. The number of piperidine rings is 1. The first-order chi connectivity index (χ1) is 16.4. The number of aromatic hydroxyl groups is 1. The van der Waals surface area contributed by atoms with Crippen molar-refractivity contribution in [2.45, 2.75) is 58.5 Å². The molecule has 4 rings (SSSR count). The lowest BCUT2D eigenvalue weighted by Crippen LogP contribution is -2.55. The van der Waals surface area contributed by atoms with E-state index in [1.807, 2.05) is 32.9 Å². The quantitative estimate of drug-likeness (QED) is 0.525. The van der Waals surface area contributed by atoms with Crippen LogP contribution in [-0.2, 0) is 17.8 Å². The van der Waals surface area contributed by atoms with E-state index in [4.69, 9.17) is 4.74 Å². The van der Waals surface area contributed by atoms with E-state index in [1.54, 1.807) is 22.9 Å². The van der Waals surface area contributed by atoms with Crippen LogP contribution >= 0.6 is 11.3 Å². The summed E-state index contributed by atoms with van der Waals surface area (Å²) in [5, 5.41) is 13.0. The van der Waals surface area contributed by atoms with Gasteiger partial charge < -0.3 is 15.2 Å². The van der Waals surface area contributed by atoms with Gasteiger partial charge >= 0.3 is 6.03 Å². The monoisotopic (exact) mass is 486 g/mol. The van der Waals surface area contributed by atoms with Gasteiger partial charge in [0, 0.05) is 24.4 Å². The molecule has 1 aromatic heterocycles. The first-order valence-electron chi connectivity index (χ1n) is 12.1. The molecule has 0 spiro atoms. The van der Waals surface area contributed by atoms with Crippen LogP contribution in [0.5, 0.6) is 11.5 Å². The molecule has 0 aliphatic carbocycles. The van der Waals surface area contributed by atoms with Crippen LogP contribution in [0.1, 0.15) is 49.2 Å². The highest BCUT2D eigenvalue weighted by Gasteiger charge is 2.54. The molecular formula is C25H34N4O4S. The number of rotatable bonds is 9. The van der Waals surface area contributed by atoms with Gasteiger partial charge in [-0.2, -0.15) is 0 Å². The molecular weight excluding hydrogens is 452 g/mol. The van der Waals surface area contributed by atoms with Crippen molar-refractivity contribution in [1.29, 1.82) is 0 Å². The number of phenolic OH excluding ortho intramolecular Hbond substituents is 1. The fourth-order valence-electron chi connectivity index (χ4n) is 5.20. The lowest BCUT2D eigenvalue weighted by molar-refractivity contribution is -0.134. The number of urea groups is 1. The predicted octanol–water partition coefficient (Wildman–Crippen LogP) is 3.71. The maximum Gasteiger partial charge on any atom is 0.325 e. The van der Waals surface area contributed by atoms with Crippen molar-refractivity contribution in [2.75, 3.05) is 26.2 Å². The third-order valence-electron chi connectivity index (χ3n) is 7.18. The maximum absolute atomic E-state index is 13.5. The third kappa shape index (κ3) is 4.77. The number of nitrogens with one attached hydrogen (secondary N) is 1. The van der Waals surface area contributed by atoms with Crippen LogP contribution in [0, 0.1) is 12.8 Å². The van der Waals surface area contributed by atoms with Crippen LogP contribution in [0.4, 0.5) is 4.79 Å². The average molecular weight is 487 g/mol. The number of carbonyl (C=O) groups is 2. The summed E-state index contributed by atoms with van der Waals surface area (Å²) in [6.45, 7) is 9.18. The number of likely N-dealkylation sites (tertiary alicyclic amines) is 1. The summed E-state index contributed by atoms with van der Waals surface area (Å²) >= 11 is 1.57. The van der Waals surface area contributed by atoms with Crippen molar-refractivity contribution in [2.24, 2.45) is 5.92 Å². The van der Waals surface area contributed by atoms with E-state index < -0.39 is 5.54 Å². The number of benzene rings is 1. The van der Waals surface area contributed by atoms with Gasteiger partial charge in [-0.15, -0.1) is 11.3 Å². The lowest BCUT2D eigenvalue weighted by atomic mass is 9.75. The Hall–Kier alpha value is -2.65. The standard InChI is InChI=1S/C25H34N4O4S/c1-4-25(23(31)29(24(32)27-25)13-10-22-17(3)26-16-34-22)19-8-11-28(12-9-19)15-18-6-7-20(30)21(14-18)33-5-2/h6-7,14,16,19,30H,4-5,8-13,15H2,1-3H3,(H,27,32)/t25-/m0/s1. The first kappa shape index (κ1) is 24.5. The summed E-state index contributed by atoms with van der Waals surface area (Å²) in [7, 11) is 0. The van der Waals surface area contributed by atoms with Crippen molar-refractivity contribution in [3.8, 4) is 11.5 Å². The van der Waals surface area contributed by atoms with Crippen LogP contribution in [0.25, 0.3) is 0 Å². The van der Waals surface area contributed by atoms with Crippen molar-refractivity contribution in [1.82, 2.24) is 20.1 Å². The predicted molar refractivity (Wildman–Crippen MR) is 131 cm³/mol. The molecule has 0 saturated carbocycles. The molecule has 3 amide bonds. The van der Waals surface area contributed by atoms with Gasteiger partial charge in [0.2, 0.25) is 0 Å². The zero-order chi connectivity index (χ0) is 24.3. The molecule has 184 valence electrons. The molecule has 8 nitrogen and oxygen atoms in total. The Labute approximate surface area is 204 Å². The highest BCUT2D eigenvalue weighted by Crippen LogP contribution is 2.37. The SMILES string of the molecule is CCOc1cc(CN2CCC([C@]3(CC)NC(=O)N(CCc4scnc4C)C3=O)CC2)ccc1O. The second-order valence-electron chi connectivity index (χ2n) is 9.11. The van der Waals surface area contributed by atoms with E-state index in [9.17, 15) is 14.7 Å². The summed E-state index contributed by atoms with van der Waals surface area (Å²) in [5.41, 5.74) is 3.04. The number of imide groups is 1. The van der Waals surface area contributed by atoms with Gasteiger partial charge in [0.1, 0.15) is 5.54 Å². The van der Waals surface area contributed by atoms with Crippen LogP contribution in [0.2, 0.25) is 0 Å². The molecule has 0 bridgehead atoms. The number of ether oxygens (including phenoxy) is 1. The van der Waals surface area contributed by atoms with Gasteiger partial charge in [-0.1, -0.05) is 13.0 Å². The molecule has 1 atom stereocenters. The van der Waals surface area contributed by atoms with E-state index >= 15 is 0 Å². The van der Waals surface area contributed by atoms with Crippen LogP contribution in [0.3, 0.4) is 0 Å². The van der Waals surface area contributed by atoms with E-state index in [0.29, 0.717) is 31.7 Å². The molecule has 2 aliphatic rings. The Morgan fingerprint density at radius 3 is 2.68 bits per heavy atom. The number of thiazole rings is 1. The molecule has 34 heavy (non-hydrogen) atoms. The van der Waals surface area contributed by atoms with Crippen molar-refractivity contribution >= 4 is 23.3 Å². The summed E-state index contributed by atoms with van der Waals surface area (Å²) < 4.78 is 5.51. The highest BCUT2D eigenvalue weighted by molar-refractivity contribution is 7.09. The fourth-order valence-corrected chi connectivity index (χ4v) is 5.97. The average Bonchev–Trinajstić information content (AvgIpc) is 3.35. The Bertz CT molecular complexity index is 1030. The largest absolute Gasteiger partial charge is 0.504 e. The molecule has 2 aromatic rings. The van der Waals surface area contributed by atoms with Gasteiger partial charge in [0.25, 0.3) is 5.91 Å². The minimum absolute atomic E-state index is 0.0829. The Balaban J connectivity index is 1.37. The van der Waals surface area contributed by atoms with Gasteiger partial charge in [-0.25, -0.2) is 9.78 Å². The molecule has 3 heterocycles. The summed E-state index contributed by atoms with van der Waals surface area (Å²) in [6.07, 6.45) is 2.92. The molecule has 2 saturated heterocycles. The topological polar surface area (TPSA) is 95.0 Å². The lowest BCUT2D eigenvalue weighted by Gasteiger charge is -2.40. The van der Waals surface area contributed by atoms with E-state index in [2.05, 4.69) is 15.2 Å². The van der Waals surface area contributed by atoms with Gasteiger partial charge in [0.15, 0.2) is 11.5 Å². The molecule has 2 fully saturated rings. The fraction of sp³-hybridized carbons (Fsp3) is 0.560. The van der Waals surface area contributed by atoms with E-state index in [-0.39, 0.29) is 23.6 Å². The highest BCUT2D eigenvalue weighted by atomic mass is 32.1. The molecule has 0 radical (unpaired) electrons. The number of hydrogen-bond donors (Lipinski definition) is 2. The number of aryl methyl sites for hydroxylation is 1. The maximum atomic E-state index is 13.5. The Morgan fingerprint density at radius 1 is 1.26 bits per heavy atom. The number of amides is 3. The molecule has 2 aliphatic heterocycles. The minimum Gasteiger partial charge on any atom is -0.504 e. The second-order valence-corrected chi connectivity index (χ2v) is 10.0. The normalized spacial score (nSPS) is 21.8. The summed E-state index contributed by atoms with van der Waals surface area (Å²) in [4.78, 5) is 35.4. The Kier molecular flexibility index (Phi) is 7.42. The van der Waals surface area contributed by atoms with Crippen molar-refractivity contribution in [3.63, 3.8) is 0 Å². The number of hydrogen-bond acceptors (Lipinski definition) is 7. The first-order valence-corrected chi connectivity index (χ1v) is 13.0. The van der Waals surface area contributed by atoms with Gasteiger partial charge in [-0.3, -0.25) is 14.6 Å². The van der Waals surface area contributed by atoms with Crippen molar-refractivity contribution in [3.05, 3.63) is 39.8 Å². The molecule has 0 unspecified atom stereocenters. The molecule has 2 N–H and O–H groups in total.